The van der Waals surface area contributed by atoms with Crippen LogP contribution in [0.15, 0.2) is 34.5 Å². The van der Waals surface area contributed by atoms with Crippen molar-refractivity contribution in [2.24, 2.45) is 10.2 Å². The molecule has 0 aromatic heterocycles. The van der Waals surface area contributed by atoms with Crippen LogP contribution in [0.4, 0.5) is 0 Å². The van der Waals surface area contributed by atoms with Crippen LogP contribution in [0.3, 0.4) is 0 Å². The molecule has 1 heterocycles. The van der Waals surface area contributed by atoms with E-state index in [9.17, 15) is 14.4 Å². The van der Waals surface area contributed by atoms with Crippen molar-refractivity contribution in [3.63, 3.8) is 0 Å². The molecular formula is C16H17N3O5S. The highest BCUT2D eigenvalue weighted by atomic mass is 32.2. The van der Waals surface area contributed by atoms with Crippen LogP contribution in [-0.2, 0) is 14.4 Å². The minimum atomic E-state index is -1.04. The van der Waals surface area contributed by atoms with Crippen LogP contribution in [0, 0.1) is 0 Å². The van der Waals surface area contributed by atoms with Gasteiger partial charge in [-0.2, -0.15) is 5.10 Å². The average Bonchev–Trinajstić information content (AvgIpc) is 2.88. The van der Waals surface area contributed by atoms with Crippen LogP contribution in [0.5, 0.6) is 5.75 Å². The summed E-state index contributed by atoms with van der Waals surface area (Å²) >= 11 is 1.03. The second-order valence-corrected chi connectivity index (χ2v) is 6.33. The second kappa shape index (κ2) is 8.97. The fraction of sp³-hybridized carbons (Fsp3) is 0.312. The van der Waals surface area contributed by atoms with Crippen LogP contribution >= 0.6 is 11.8 Å². The molecule has 1 aromatic carbocycles. The molecule has 1 aliphatic heterocycles. The maximum absolute atomic E-state index is 11.6. The highest BCUT2D eigenvalue weighted by Crippen LogP contribution is 2.22. The van der Waals surface area contributed by atoms with Crippen molar-refractivity contribution in [3.05, 3.63) is 29.8 Å². The predicted molar refractivity (Wildman–Crippen MR) is 93.8 cm³/mol. The zero-order valence-corrected chi connectivity index (χ0v) is 14.3. The molecule has 1 amide bonds. The number of amidine groups is 1. The van der Waals surface area contributed by atoms with Crippen molar-refractivity contribution < 1.29 is 24.2 Å². The SMILES string of the molecule is CCCC(=O)Oc1ccc(C=NN=C2NC(=O)C(CC(=O)O)S2)cc1. The Balaban J connectivity index is 1.90. The van der Waals surface area contributed by atoms with E-state index in [1.54, 1.807) is 24.3 Å². The lowest BCUT2D eigenvalue weighted by atomic mass is 10.2. The quantitative estimate of drug-likeness (QED) is 0.330. The van der Waals surface area contributed by atoms with Gasteiger partial charge in [0.15, 0.2) is 5.17 Å². The maximum Gasteiger partial charge on any atom is 0.311 e. The van der Waals surface area contributed by atoms with E-state index in [4.69, 9.17) is 9.84 Å². The number of carboxylic acids is 1. The number of benzene rings is 1. The van der Waals surface area contributed by atoms with Gasteiger partial charge >= 0.3 is 11.9 Å². The van der Waals surface area contributed by atoms with E-state index < -0.39 is 11.2 Å². The van der Waals surface area contributed by atoms with Crippen LogP contribution in [-0.4, -0.2) is 39.6 Å². The van der Waals surface area contributed by atoms with Gasteiger partial charge < -0.3 is 15.2 Å². The first kappa shape index (κ1) is 18.7. The molecular weight excluding hydrogens is 346 g/mol. The monoisotopic (exact) mass is 363 g/mol. The molecule has 1 fully saturated rings. The van der Waals surface area contributed by atoms with Gasteiger partial charge in [0.2, 0.25) is 5.91 Å². The molecule has 1 aromatic rings. The van der Waals surface area contributed by atoms with Crippen molar-refractivity contribution in [2.75, 3.05) is 0 Å². The average molecular weight is 363 g/mol. The Kier molecular flexibility index (Phi) is 6.70. The molecule has 1 unspecified atom stereocenters. The standard InChI is InChI=1S/C16H17N3O5S/c1-2-3-14(22)24-11-6-4-10(5-7-11)9-17-19-16-18-15(23)12(25-16)8-13(20)21/h4-7,9,12H,2-3,8H2,1H3,(H,20,21)(H,18,19,23). The summed E-state index contributed by atoms with van der Waals surface area (Å²) in [6.07, 6.45) is 2.30. The molecule has 132 valence electrons. The Bertz CT molecular complexity index is 715. The van der Waals surface area contributed by atoms with Gasteiger partial charge in [-0.3, -0.25) is 14.4 Å². The number of hydrogen-bond acceptors (Lipinski definition) is 7. The molecule has 0 aliphatic carbocycles. The molecule has 0 saturated carbocycles. The molecule has 0 bridgehead atoms. The zero-order valence-electron chi connectivity index (χ0n) is 13.5. The van der Waals surface area contributed by atoms with Gasteiger partial charge in [0.1, 0.15) is 11.0 Å². The van der Waals surface area contributed by atoms with Crippen molar-refractivity contribution in [1.82, 2.24) is 5.32 Å². The van der Waals surface area contributed by atoms with E-state index in [-0.39, 0.29) is 23.5 Å². The van der Waals surface area contributed by atoms with Gasteiger partial charge in [-0.1, -0.05) is 18.7 Å². The molecule has 1 atom stereocenters. The Hall–Kier alpha value is -2.68. The Labute approximate surface area is 148 Å². The van der Waals surface area contributed by atoms with E-state index in [2.05, 4.69) is 15.5 Å². The van der Waals surface area contributed by atoms with Crippen LogP contribution in [0.1, 0.15) is 31.7 Å². The number of ether oxygens (including phenoxy) is 1. The molecule has 2 rings (SSSR count). The van der Waals surface area contributed by atoms with Gasteiger partial charge in [-0.15, -0.1) is 5.10 Å². The Morgan fingerprint density at radius 3 is 2.72 bits per heavy atom. The summed E-state index contributed by atoms with van der Waals surface area (Å²) in [6.45, 7) is 1.90. The normalized spacial score (nSPS) is 18.5. The predicted octanol–water partition coefficient (Wildman–Crippen LogP) is 1.79. The van der Waals surface area contributed by atoms with E-state index in [1.807, 2.05) is 6.92 Å². The molecule has 0 spiro atoms. The Morgan fingerprint density at radius 2 is 2.08 bits per heavy atom. The summed E-state index contributed by atoms with van der Waals surface area (Å²) in [5.41, 5.74) is 0.732. The fourth-order valence-corrected chi connectivity index (χ4v) is 2.82. The van der Waals surface area contributed by atoms with E-state index in [0.29, 0.717) is 12.2 Å². The largest absolute Gasteiger partial charge is 0.481 e. The minimum Gasteiger partial charge on any atom is -0.481 e. The van der Waals surface area contributed by atoms with Gasteiger partial charge in [0.25, 0.3) is 0 Å². The topological polar surface area (TPSA) is 117 Å². The molecule has 25 heavy (non-hydrogen) atoms. The number of aliphatic carboxylic acids is 1. The molecule has 1 saturated heterocycles. The Morgan fingerprint density at radius 1 is 1.36 bits per heavy atom. The van der Waals surface area contributed by atoms with Crippen molar-refractivity contribution in [2.45, 2.75) is 31.4 Å². The molecule has 2 N–H and O–H groups in total. The summed E-state index contributed by atoms with van der Waals surface area (Å²) < 4.78 is 5.14. The molecule has 0 radical (unpaired) electrons. The number of hydrogen-bond donors (Lipinski definition) is 2. The van der Waals surface area contributed by atoms with Crippen molar-refractivity contribution in [3.8, 4) is 5.75 Å². The van der Waals surface area contributed by atoms with Gasteiger partial charge in [-0.25, -0.2) is 0 Å². The number of nitrogens with one attached hydrogen (secondary N) is 1. The summed E-state index contributed by atoms with van der Waals surface area (Å²) in [5, 5.41) is 18.5. The van der Waals surface area contributed by atoms with E-state index in [0.717, 1.165) is 23.7 Å². The number of rotatable bonds is 7. The number of esters is 1. The number of amides is 1. The van der Waals surface area contributed by atoms with Crippen LogP contribution in [0.25, 0.3) is 0 Å². The minimum absolute atomic E-state index is 0.262. The van der Waals surface area contributed by atoms with Gasteiger partial charge in [-0.05, 0) is 36.2 Å². The number of nitrogens with zero attached hydrogens (tertiary/aromatic N) is 2. The summed E-state index contributed by atoms with van der Waals surface area (Å²) in [4.78, 5) is 33.6. The van der Waals surface area contributed by atoms with E-state index >= 15 is 0 Å². The number of carboxylic acid groups (broad SMARTS) is 1. The number of thioether (sulfide) groups is 1. The van der Waals surface area contributed by atoms with Crippen molar-refractivity contribution >= 4 is 41.0 Å². The summed E-state index contributed by atoms with van der Waals surface area (Å²) in [7, 11) is 0. The summed E-state index contributed by atoms with van der Waals surface area (Å²) in [5.74, 6) is -1.26. The lowest BCUT2D eigenvalue weighted by molar-refractivity contribution is -0.138. The van der Waals surface area contributed by atoms with Crippen LogP contribution < -0.4 is 10.1 Å². The smallest absolute Gasteiger partial charge is 0.311 e. The highest BCUT2D eigenvalue weighted by molar-refractivity contribution is 8.15. The zero-order chi connectivity index (χ0) is 18.2. The molecule has 1 aliphatic rings. The third kappa shape index (κ3) is 6.03. The number of carbonyl (C=O) groups is 3. The third-order valence-corrected chi connectivity index (χ3v) is 4.13. The maximum atomic E-state index is 11.6. The fourth-order valence-electron chi connectivity index (χ4n) is 1.90. The van der Waals surface area contributed by atoms with Crippen LogP contribution in [0.2, 0.25) is 0 Å². The number of carbonyl (C=O) groups excluding carboxylic acids is 2. The first-order valence-corrected chi connectivity index (χ1v) is 8.47. The van der Waals surface area contributed by atoms with Crippen molar-refractivity contribution in [1.29, 1.82) is 0 Å². The summed E-state index contributed by atoms with van der Waals surface area (Å²) in [6, 6.07) is 6.73. The van der Waals surface area contributed by atoms with Gasteiger partial charge in [0.05, 0.1) is 12.6 Å². The molecule has 8 nitrogen and oxygen atoms in total. The van der Waals surface area contributed by atoms with Gasteiger partial charge in [0, 0.05) is 6.42 Å². The lowest BCUT2D eigenvalue weighted by Gasteiger charge is -2.02. The first-order chi connectivity index (χ1) is 12.0. The highest BCUT2D eigenvalue weighted by Gasteiger charge is 2.32. The second-order valence-electron chi connectivity index (χ2n) is 5.14. The molecule has 9 heteroatoms. The van der Waals surface area contributed by atoms with E-state index in [1.165, 1.54) is 6.21 Å². The third-order valence-electron chi connectivity index (χ3n) is 3.06. The lowest BCUT2D eigenvalue weighted by Crippen LogP contribution is -2.26. The first-order valence-electron chi connectivity index (χ1n) is 7.59.